The Kier molecular flexibility index (Phi) is 4.14. The number of halogens is 5. The minimum atomic E-state index is -4.68. The molecule has 0 radical (unpaired) electrons. The Morgan fingerprint density at radius 3 is 2.26 bits per heavy atom. The summed E-state index contributed by atoms with van der Waals surface area (Å²) in [6, 6.07) is 5.57. The molecule has 0 amide bonds. The van der Waals surface area contributed by atoms with E-state index in [1.165, 1.54) is 24.3 Å². The molecule has 0 aliphatic carbocycles. The Morgan fingerprint density at radius 2 is 1.79 bits per heavy atom. The summed E-state index contributed by atoms with van der Waals surface area (Å²) in [5.74, 6) is -0.255. The van der Waals surface area contributed by atoms with E-state index in [1.807, 2.05) is 0 Å². The van der Waals surface area contributed by atoms with Crippen molar-refractivity contribution in [1.29, 1.82) is 0 Å². The Hall–Kier alpha value is -1.09. The summed E-state index contributed by atoms with van der Waals surface area (Å²) in [5, 5.41) is 7.64. The molecule has 0 saturated heterocycles. The molecule has 0 atom stereocenters. The van der Waals surface area contributed by atoms with Crippen molar-refractivity contribution in [2.45, 2.75) is 12.9 Å². The highest BCUT2D eigenvalue weighted by Gasteiger charge is 2.30. The van der Waals surface area contributed by atoms with E-state index in [9.17, 15) is 13.2 Å². The van der Waals surface area contributed by atoms with Crippen molar-refractivity contribution in [3.05, 3.63) is 39.0 Å². The molecule has 1 heterocycles. The maximum atomic E-state index is 12.0. The minimum Gasteiger partial charge on any atom is -0.406 e. The summed E-state index contributed by atoms with van der Waals surface area (Å²) in [5.41, 5.74) is 0.771. The Balaban J connectivity index is 2.09. The standard InChI is InChI=1S/C10H6Br2F3N3O/c11-8-9(12)18(17-16-8)5-6-1-3-7(4-2-6)19-10(13,14)15/h1-4H,5H2. The van der Waals surface area contributed by atoms with Crippen LogP contribution in [0.25, 0.3) is 0 Å². The first kappa shape index (κ1) is 14.3. The van der Waals surface area contributed by atoms with Crippen molar-refractivity contribution in [1.82, 2.24) is 15.0 Å². The van der Waals surface area contributed by atoms with Crippen molar-refractivity contribution in [2.75, 3.05) is 0 Å². The zero-order chi connectivity index (χ0) is 14.0. The predicted molar refractivity (Wildman–Crippen MR) is 67.6 cm³/mol. The summed E-state index contributed by atoms with van der Waals surface area (Å²) >= 11 is 6.47. The average molecular weight is 401 g/mol. The van der Waals surface area contributed by atoms with Crippen molar-refractivity contribution < 1.29 is 17.9 Å². The summed E-state index contributed by atoms with van der Waals surface area (Å²) in [4.78, 5) is 0. The maximum Gasteiger partial charge on any atom is 0.573 e. The van der Waals surface area contributed by atoms with E-state index in [4.69, 9.17) is 0 Å². The smallest absolute Gasteiger partial charge is 0.406 e. The van der Waals surface area contributed by atoms with Gasteiger partial charge in [0.15, 0.2) is 4.60 Å². The normalized spacial score (nSPS) is 11.6. The van der Waals surface area contributed by atoms with Gasteiger partial charge in [0, 0.05) is 0 Å². The maximum absolute atomic E-state index is 12.0. The zero-order valence-electron chi connectivity index (χ0n) is 9.16. The Labute approximate surface area is 122 Å². The lowest BCUT2D eigenvalue weighted by atomic mass is 10.2. The van der Waals surface area contributed by atoms with Gasteiger partial charge in [0.05, 0.1) is 6.54 Å². The lowest BCUT2D eigenvalue weighted by molar-refractivity contribution is -0.274. The van der Waals surface area contributed by atoms with Crippen molar-refractivity contribution in [3.63, 3.8) is 0 Å². The van der Waals surface area contributed by atoms with Crippen molar-refractivity contribution in [2.24, 2.45) is 0 Å². The highest BCUT2D eigenvalue weighted by Crippen LogP contribution is 2.24. The van der Waals surface area contributed by atoms with E-state index in [0.29, 0.717) is 15.8 Å². The van der Waals surface area contributed by atoms with E-state index < -0.39 is 6.36 Å². The van der Waals surface area contributed by atoms with Gasteiger partial charge in [-0.3, -0.25) is 0 Å². The molecule has 0 bridgehead atoms. The second-order valence-electron chi connectivity index (χ2n) is 3.52. The highest BCUT2D eigenvalue weighted by atomic mass is 79.9. The predicted octanol–water partition coefficient (Wildman–Crippen LogP) is 3.75. The molecule has 4 nitrogen and oxygen atoms in total. The van der Waals surface area contributed by atoms with Crippen LogP contribution in [-0.4, -0.2) is 21.4 Å². The molecule has 0 saturated carbocycles. The number of aromatic nitrogens is 3. The van der Waals surface area contributed by atoms with Crippen LogP contribution in [0.2, 0.25) is 0 Å². The van der Waals surface area contributed by atoms with Gasteiger partial charge in [-0.2, -0.15) is 0 Å². The fourth-order valence-corrected chi connectivity index (χ4v) is 1.90. The molecule has 9 heteroatoms. The summed E-state index contributed by atoms with van der Waals surface area (Å²) < 4.78 is 42.5. The van der Waals surface area contributed by atoms with Crippen molar-refractivity contribution in [3.8, 4) is 5.75 Å². The summed E-state index contributed by atoms with van der Waals surface area (Å²) in [7, 11) is 0. The van der Waals surface area contributed by atoms with Gasteiger partial charge in [-0.15, -0.1) is 18.3 Å². The van der Waals surface area contributed by atoms with Crippen LogP contribution in [0.5, 0.6) is 5.75 Å². The number of rotatable bonds is 3. The van der Waals surface area contributed by atoms with Gasteiger partial charge in [-0.25, -0.2) is 4.68 Å². The molecular formula is C10H6Br2F3N3O. The molecule has 2 aromatic rings. The van der Waals surface area contributed by atoms with Crippen LogP contribution in [0, 0.1) is 0 Å². The number of ether oxygens (including phenoxy) is 1. The monoisotopic (exact) mass is 399 g/mol. The molecule has 102 valence electrons. The second kappa shape index (κ2) is 5.49. The molecular weight excluding hydrogens is 395 g/mol. The third kappa shape index (κ3) is 3.93. The number of benzene rings is 1. The van der Waals surface area contributed by atoms with E-state index in [1.54, 1.807) is 4.68 Å². The third-order valence-corrected chi connectivity index (χ3v) is 3.98. The molecule has 2 rings (SSSR count). The van der Waals surface area contributed by atoms with Crippen molar-refractivity contribution >= 4 is 31.9 Å². The average Bonchev–Trinajstić information content (AvgIpc) is 2.62. The van der Waals surface area contributed by atoms with Crippen LogP contribution in [0.3, 0.4) is 0 Å². The molecule has 1 aromatic heterocycles. The van der Waals surface area contributed by atoms with Gasteiger partial charge < -0.3 is 4.74 Å². The van der Waals surface area contributed by atoms with Crippen LogP contribution in [-0.2, 0) is 6.54 Å². The quantitative estimate of drug-likeness (QED) is 0.787. The second-order valence-corrected chi connectivity index (χ2v) is 5.02. The number of nitrogens with zero attached hydrogens (tertiary/aromatic N) is 3. The molecule has 19 heavy (non-hydrogen) atoms. The number of alkyl halides is 3. The van der Waals surface area contributed by atoms with Crippen LogP contribution >= 0.6 is 31.9 Å². The summed E-state index contributed by atoms with van der Waals surface area (Å²) in [6.45, 7) is 0.380. The molecule has 0 fully saturated rings. The molecule has 0 spiro atoms. The van der Waals surface area contributed by atoms with Gasteiger partial charge in [0.1, 0.15) is 10.4 Å². The zero-order valence-corrected chi connectivity index (χ0v) is 12.3. The Morgan fingerprint density at radius 1 is 1.16 bits per heavy atom. The highest BCUT2D eigenvalue weighted by molar-refractivity contribution is 9.13. The fourth-order valence-electron chi connectivity index (χ4n) is 1.35. The first-order valence-electron chi connectivity index (χ1n) is 4.94. The Bertz CT molecular complexity index is 568. The van der Waals surface area contributed by atoms with E-state index >= 15 is 0 Å². The lowest BCUT2D eigenvalue weighted by Crippen LogP contribution is -2.17. The number of hydrogen-bond acceptors (Lipinski definition) is 3. The molecule has 0 unspecified atom stereocenters. The van der Waals surface area contributed by atoms with Gasteiger partial charge in [-0.1, -0.05) is 17.3 Å². The first-order chi connectivity index (χ1) is 8.85. The van der Waals surface area contributed by atoms with E-state index in [-0.39, 0.29) is 5.75 Å². The van der Waals surface area contributed by atoms with Gasteiger partial charge in [-0.05, 0) is 49.6 Å². The van der Waals surface area contributed by atoms with Crippen LogP contribution in [0.15, 0.2) is 33.5 Å². The topological polar surface area (TPSA) is 39.9 Å². The SMILES string of the molecule is FC(F)(F)Oc1ccc(Cn2nnc(Br)c2Br)cc1. The lowest BCUT2D eigenvalue weighted by Gasteiger charge is -2.09. The minimum absolute atomic E-state index is 0.255. The van der Waals surface area contributed by atoms with Gasteiger partial charge in [0.2, 0.25) is 0 Å². The molecule has 0 N–H and O–H groups in total. The van der Waals surface area contributed by atoms with Gasteiger partial charge in [0.25, 0.3) is 0 Å². The van der Waals surface area contributed by atoms with Crippen LogP contribution in [0.1, 0.15) is 5.56 Å². The van der Waals surface area contributed by atoms with Gasteiger partial charge >= 0.3 is 6.36 Å². The largest absolute Gasteiger partial charge is 0.573 e. The summed E-state index contributed by atoms with van der Waals surface area (Å²) in [6.07, 6.45) is -4.68. The molecule has 0 aliphatic heterocycles. The van der Waals surface area contributed by atoms with Crippen LogP contribution < -0.4 is 4.74 Å². The fraction of sp³-hybridized carbons (Fsp3) is 0.200. The van der Waals surface area contributed by atoms with E-state index in [0.717, 1.165) is 5.56 Å². The molecule has 0 aliphatic rings. The first-order valence-corrected chi connectivity index (χ1v) is 6.53. The van der Waals surface area contributed by atoms with Crippen LogP contribution in [0.4, 0.5) is 13.2 Å². The van der Waals surface area contributed by atoms with E-state index in [2.05, 4.69) is 46.9 Å². The third-order valence-electron chi connectivity index (χ3n) is 2.13. The number of hydrogen-bond donors (Lipinski definition) is 0. The molecule has 1 aromatic carbocycles.